The second-order valence-corrected chi connectivity index (χ2v) is 5.02. The number of ether oxygens (including phenoxy) is 1. The summed E-state index contributed by atoms with van der Waals surface area (Å²) >= 11 is 0. The first-order valence-corrected chi connectivity index (χ1v) is 7.01. The highest BCUT2D eigenvalue weighted by Gasteiger charge is 2.24. The van der Waals surface area contributed by atoms with Crippen LogP contribution in [0.3, 0.4) is 0 Å². The van der Waals surface area contributed by atoms with Gasteiger partial charge in [-0.05, 0) is 37.1 Å². The van der Waals surface area contributed by atoms with Gasteiger partial charge in [-0.25, -0.2) is 9.97 Å². The Morgan fingerprint density at radius 3 is 3.05 bits per heavy atom. The van der Waals surface area contributed by atoms with E-state index >= 15 is 0 Å². The van der Waals surface area contributed by atoms with E-state index in [0.717, 1.165) is 25.1 Å². The van der Waals surface area contributed by atoms with Crippen molar-refractivity contribution in [3.05, 3.63) is 59.7 Å². The summed E-state index contributed by atoms with van der Waals surface area (Å²) in [4.78, 5) is 8.32. The highest BCUT2D eigenvalue weighted by molar-refractivity contribution is 5.31. The average Bonchev–Trinajstić information content (AvgIpc) is 2.53. The lowest BCUT2D eigenvalue weighted by Crippen LogP contribution is -2.24. The topological polar surface area (TPSA) is 47.0 Å². The number of nitrogens with zero attached hydrogens (tertiary/aromatic N) is 2. The predicted molar refractivity (Wildman–Crippen MR) is 77.3 cm³/mol. The van der Waals surface area contributed by atoms with Crippen molar-refractivity contribution in [2.24, 2.45) is 0 Å². The smallest absolute Gasteiger partial charge is 0.115 e. The number of nitrogens with one attached hydrogen (secondary N) is 1. The Kier molecular flexibility index (Phi) is 4.04. The molecule has 1 N–H and O–H groups in total. The summed E-state index contributed by atoms with van der Waals surface area (Å²) in [7, 11) is 1.96. The number of benzene rings is 1. The van der Waals surface area contributed by atoms with Crippen LogP contribution in [-0.4, -0.2) is 23.6 Å². The van der Waals surface area contributed by atoms with Gasteiger partial charge in [-0.15, -0.1) is 0 Å². The molecule has 0 saturated carbocycles. The van der Waals surface area contributed by atoms with E-state index in [1.165, 1.54) is 11.1 Å². The van der Waals surface area contributed by atoms with Crippen molar-refractivity contribution in [2.45, 2.75) is 25.0 Å². The van der Waals surface area contributed by atoms with E-state index in [0.29, 0.717) is 0 Å². The minimum atomic E-state index is 0.132. The highest BCUT2D eigenvalue weighted by Crippen LogP contribution is 2.33. The minimum absolute atomic E-state index is 0.132. The van der Waals surface area contributed by atoms with Gasteiger partial charge in [-0.1, -0.05) is 24.3 Å². The van der Waals surface area contributed by atoms with Crippen LogP contribution in [0.1, 0.15) is 35.4 Å². The van der Waals surface area contributed by atoms with Gasteiger partial charge in [-0.2, -0.15) is 0 Å². The molecule has 2 unspecified atom stereocenters. The lowest BCUT2D eigenvalue weighted by molar-refractivity contribution is 0.0295. The third kappa shape index (κ3) is 2.71. The molecular formula is C16H19N3O. The molecule has 1 aromatic heterocycles. The molecule has 104 valence electrons. The molecule has 3 rings (SSSR count). The maximum atomic E-state index is 5.97. The fraction of sp³-hybridized carbons (Fsp3) is 0.375. The number of fused-ring (bicyclic) bond motifs is 1. The molecule has 2 aromatic rings. The molecule has 1 aliphatic rings. The molecule has 0 bridgehead atoms. The zero-order chi connectivity index (χ0) is 13.8. The van der Waals surface area contributed by atoms with E-state index in [1.807, 2.05) is 13.1 Å². The van der Waals surface area contributed by atoms with Crippen LogP contribution in [0.25, 0.3) is 0 Å². The molecule has 0 saturated heterocycles. The second kappa shape index (κ2) is 6.11. The van der Waals surface area contributed by atoms with Gasteiger partial charge >= 0.3 is 0 Å². The van der Waals surface area contributed by atoms with Crippen LogP contribution in [0.15, 0.2) is 42.9 Å². The maximum Gasteiger partial charge on any atom is 0.115 e. The summed E-state index contributed by atoms with van der Waals surface area (Å²) in [5, 5.41) is 3.33. The molecule has 0 radical (unpaired) electrons. The molecule has 0 amide bonds. The first-order chi connectivity index (χ1) is 9.88. The van der Waals surface area contributed by atoms with Crippen LogP contribution in [-0.2, 0) is 11.2 Å². The van der Waals surface area contributed by atoms with Gasteiger partial charge in [-0.3, -0.25) is 0 Å². The van der Waals surface area contributed by atoms with Crippen molar-refractivity contribution in [1.82, 2.24) is 15.3 Å². The fourth-order valence-electron chi connectivity index (χ4n) is 2.78. The fourth-order valence-corrected chi connectivity index (χ4v) is 2.78. The normalized spacial score (nSPS) is 19.4. The van der Waals surface area contributed by atoms with Crippen LogP contribution in [0.4, 0.5) is 0 Å². The Hall–Kier alpha value is -1.78. The largest absolute Gasteiger partial charge is 0.373 e. The average molecular weight is 269 g/mol. The summed E-state index contributed by atoms with van der Waals surface area (Å²) < 4.78 is 5.97. The summed E-state index contributed by atoms with van der Waals surface area (Å²) in [6.45, 7) is 0.794. The molecule has 20 heavy (non-hydrogen) atoms. The molecular weight excluding hydrogens is 250 g/mol. The molecule has 0 fully saturated rings. The summed E-state index contributed by atoms with van der Waals surface area (Å²) in [6.07, 6.45) is 5.39. The van der Waals surface area contributed by atoms with Gasteiger partial charge in [0.05, 0.1) is 24.4 Å². The van der Waals surface area contributed by atoms with Crippen molar-refractivity contribution in [2.75, 3.05) is 13.7 Å². The SMILES string of the molecule is CNC(CC1OCCc2ccccc21)c1ccncn1. The molecule has 0 spiro atoms. The Labute approximate surface area is 119 Å². The summed E-state index contributed by atoms with van der Waals surface area (Å²) in [6, 6.07) is 10.7. The van der Waals surface area contributed by atoms with Crippen molar-refractivity contribution in [1.29, 1.82) is 0 Å². The van der Waals surface area contributed by atoms with Gasteiger partial charge < -0.3 is 10.1 Å². The third-order valence-electron chi connectivity index (χ3n) is 3.85. The number of aromatic nitrogens is 2. The van der Waals surface area contributed by atoms with Crippen molar-refractivity contribution < 1.29 is 4.74 Å². The Morgan fingerprint density at radius 1 is 1.35 bits per heavy atom. The monoisotopic (exact) mass is 269 g/mol. The molecule has 2 atom stereocenters. The highest BCUT2D eigenvalue weighted by atomic mass is 16.5. The van der Waals surface area contributed by atoms with Crippen LogP contribution in [0.5, 0.6) is 0 Å². The van der Waals surface area contributed by atoms with E-state index in [1.54, 1.807) is 12.5 Å². The number of rotatable bonds is 4. The van der Waals surface area contributed by atoms with Gasteiger partial charge in [0.2, 0.25) is 0 Å². The molecule has 2 heterocycles. The van der Waals surface area contributed by atoms with Crippen molar-refractivity contribution in [3.8, 4) is 0 Å². The predicted octanol–water partition coefficient (Wildman–Crippen LogP) is 2.44. The molecule has 4 nitrogen and oxygen atoms in total. The molecule has 1 aliphatic heterocycles. The number of hydrogen-bond acceptors (Lipinski definition) is 4. The summed E-state index contributed by atoms with van der Waals surface area (Å²) in [5.41, 5.74) is 3.73. The van der Waals surface area contributed by atoms with Crippen LogP contribution in [0.2, 0.25) is 0 Å². The Bertz CT molecular complexity index is 559. The van der Waals surface area contributed by atoms with E-state index in [-0.39, 0.29) is 12.1 Å². The molecule has 4 heteroatoms. The standard InChI is InChI=1S/C16H19N3O/c1-17-15(14-6-8-18-11-19-14)10-16-13-5-3-2-4-12(13)7-9-20-16/h2-6,8,11,15-17H,7,9-10H2,1H3. The van der Waals surface area contributed by atoms with Gasteiger partial charge in [0.25, 0.3) is 0 Å². The Morgan fingerprint density at radius 2 is 2.25 bits per heavy atom. The zero-order valence-electron chi connectivity index (χ0n) is 11.6. The summed E-state index contributed by atoms with van der Waals surface area (Å²) in [5.74, 6) is 0. The van der Waals surface area contributed by atoms with E-state index in [4.69, 9.17) is 4.74 Å². The third-order valence-corrected chi connectivity index (χ3v) is 3.85. The van der Waals surface area contributed by atoms with E-state index in [2.05, 4.69) is 39.6 Å². The first-order valence-electron chi connectivity index (χ1n) is 7.01. The maximum absolute atomic E-state index is 5.97. The minimum Gasteiger partial charge on any atom is -0.373 e. The van der Waals surface area contributed by atoms with Crippen molar-refractivity contribution in [3.63, 3.8) is 0 Å². The van der Waals surface area contributed by atoms with Crippen molar-refractivity contribution >= 4 is 0 Å². The van der Waals surface area contributed by atoms with E-state index < -0.39 is 0 Å². The van der Waals surface area contributed by atoms with Gasteiger partial charge in [0, 0.05) is 6.20 Å². The second-order valence-electron chi connectivity index (χ2n) is 5.02. The van der Waals surface area contributed by atoms with Crippen LogP contribution < -0.4 is 5.32 Å². The van der Waals surface area contributed by atoms with Crippen LogP contribution in [0, 0.1) is 0 Å². The molecule has 1 aromatic carbocycles. The lowest BCUT2D eigenvalue weighted by atomic mass is 9.93. The first kappa shape index (κ1) is 13.2. The van der Waals surface area contributed by atoms with E-state index in [9.17, 15) is 0 Å². The molecule has 0 aliphatic carbocycles. The Balaban J connectivity index is 1.81. The quantitative estimate of drug-likeness (QED) is 0.926. The lowest BCUT2D eigenvalue weighted by Gasteiger charge is -2.29. The van der Waals surface area contributed by atoms with Gasteiger partial charge in [0.1, 0.15) is 6.33 Å². The van der Waals surface area contributed by atoms with Gasteiger partial charge in [0.15, 0.2) is 0 Å². The zero-order valence-corrected chi connectivity index (χ0v) is 11.6. The van der Waals surface area contributed by atoms with Crippen LogP contribution >= 0.6 is 0 Å². The number of hydrogen-bond donors (Lipinski definition) is 1.